The second kappa shape index (κ2) is 4.32. The summed E-state index contributed by atoms with van der Waals surface area (Å²) in [4.78, 5) is 15.0. The van der Waals surface area contributed by atoms with Crippen LogP contribution in [0.1, 0.15) is 31.7 Å². The average molecular weight is 270 g/mol. The molecule has 2 atom stereocenters. The molecule has 1 aromatic carbocycles. The summed E-state index contributed by atoms with van der Waals surface area (Å²) >= 11 is 0. The van der Waals surface area contributed by atoms with Gasteiger partial charge in [-0.05, 0) is 62.7 Å². The molecule has 4 rings (SSSR count). The van der Waals surface area contributed by atoms with Gasteiger partial charge in [0.15, 0.2) is 0 Å². The third-order valence-corrected chi connectivity index (χ3v) is 5.53. The summed E-state index contributed by atoms with van der Waals surface area (Å²) in [6.07, 6.45) is 4.46. The van der Waals surface area contributed by atoms with Gasteiger partial charge in [-0.2, -0.15) is 0 Å². The highest BCUT2D eigenvalue weighted by Gasteiger charge is 2.59. The van der Waals surface area contributed by atoms with Crippen LogP contribution in [0, 0.1) is 11.3 Å². The molecule has 0 aromatic heterocycles. The molecule has 2 heterocycles. The van der Waals surface area contributed by atoms with Crippen molar-refractivity contribution in [3.8, 4) is 0 Å². The third kappa shape index (κ3) is 1.72. The Morgan fingerprint density at radius 2 is 2.05 bits per heavy atom. The molecule has 2 aliphatic heterocycles. The van der Waals surface area contributed by atoms with E-state index in [0.717, 1.165) is 31.6 Å². The van der Waals surface area contributed by atoms with Crippen LogP contribution in [0.5, 0.6) is 0 Å². The van der Waals surface area contributed by atoms with Gasteiger partial charge in [0, 0.05) is 17.6 Å². The molecule has 1 saturated carbocycles. The first-order valence-electron chi connectivity index (χ1n) is 7.83. The Kier molecular flexibility index (Phi) is 2.68. The minimum atomic E-state index is 0.276. The molecule has 1 amide bonds. The van der Waals surface area contributed by atoms with Gasteiger partial charge in [0.2, 0.25) is 5.91 Å². The number of piperidine rings is 1. The molecule has 3 heteroatoms. The number of para-hydroxylation sites is 1. The van der Waals surface area contributed by atoms with E-state index in [2.05, 4.69) is 35.3 Å². The van der Waals surface area contributed by atoms with Gasteiger partial charge in [-0.25, -0.2) is 0 Å². The van der Waals surface area contributed by atoms with Crippen LogP contribution < -0.4 is 10.2 Å². The van der Waals surface area contributed by atoms with E-state index in [0.29, 0.717) is 17.4 Å². The molecule has 1 N–H and O–H groups in total. The summed E-state index contributed by atoms with van der Waals surface area (Å²) in [5.41, 5.74) is 2.81. The zero-order chi connectivity index (χ0) is 13.7. The number of carbonyl (C=O) groups is 1. The highest BCUT2D eigenvalue weighted by Crippen LogP contribution is 2.59. The second-order valence-corrected chi connectivity index (χ2v) is 6.76. The fourth-order valence-electron chi connectivity index (χ4n) is 4.24. The lowest BCUT2D eigenvalue weighted by molar-refractivity contribution is -0.121. The Morgan fingerprint density at radius 3 is 2.85 bits per heavy atom. The molecule has 1 aliphatic carbocycles. The molecule has 106 valence electrons. The van der Waals surface area contributed by atoms with Crippen molar-refractivity contribution in [2.24, 2.45) is 11.3 Å². The second-order valence-electron chi connectivity index (χ2n) is 6.76. The molecule has 2 fully saturated rings. The summed E-state index contributed by atoms with van der Waals surface area (Å²) < 4.78 is 0. The minimum Gasteiger partial charge on any atom is -0.317 e. The van der Waals surface area contributed by atoms with Crippen LogP contribution in [0.15, 0.2) is 24.3 Å². The van der Waals surface area contributed by atoms with Crippen molar-refractivity contribution in [3.63, 3.8) is 0 Å². The van der Waals surface area contributed by atoms with E-state index in [1.165, 1.54) is 18.4 Å². The van der Waals surface area contributed by atoms with Crippen LogP contribution in [0.25, 0.3) is 0 Å². The number of fused-ring (bicyclic) bond motifs is 1. The number of carbonyl (C=O) groups excluding carboxylic acids is 1. The highest BCUT2D eigenvalue weighted by molar-refractivity contribution is 5.99. The molecule has 0 radical (unpaired) electrons. The van der Waals surface area contributed by atoms with Crippen LogP contribution in [-0.2, 0) is 11.2 Å². The molecular formula is C17H22N2O. The van der Waals surface area contributed by atoms with Crippen LogP contribution in [0.3, 0.4) is 0 Å². The van der Waals surface area contributed by atoms with Crippen molar-refractivity contribution in [1.82, 2.24) is 5.32 Å². The van der Waals surface area contributed by atoms with Gasteiger partial charge in [-0.15, -0.1) is 0 Å². The van der Waals surface area contributed by atoms with Gasteiger partial charge in [0.1, 0.15) is 0 Å². The Hall–Kier alpha value is -1.35. The molecule has 0 bridgehead atoms. The third-order valence-electron chi connectivity index (χ3n) is 5.53. The van der Waals surface area contributed by atoms with Gasteiger partial charge in [-0.1, -0.05) is 18.2 Å². The number of benzene rings is 1. The van der Waals surface area contributed by atoms with Crippen LogP contribution >= 0.6 is 0 Å². The van der Waals surface area contributed by atoms with E-state index in [1.807, 2.05) is 6.07 Å². The van der Waals surface area contributed by atoms with Crippen LogP contribution in [-0.4, -0.2) is 25.0 Å². The smallest absolute Gasteiger partial charge is 0.230 e. The highest BCUT2D eigenvalue weighted by atomic mass is 16.2. The normalized spacial score (nSPS) is 30.4. The number of nitrogens with one attached hydrogen (secondary N) is 1. The molecule has 1 aromatic rings. The molecule has 1 saturated heterocycles. The molecular weight excluding hydrogens is 248 g/mol. The Balaban J connectivity index is 1.58. The largest absolute Gasteiger partial charge is 0.317 e. The first-order chi connectivity index (χ1) is 9.71. The maximum Gasteiger partial charge on any atom is 0.230 e. The Morgan fingerprint density at radius 1 is 1.30 bits per heavy atom. The van der Waals surface area contributed by atoms with Crippen molar-refractivity contribution in [1.29, 1.82) is 0 Å². The molecule has 2 unspecified atom stereocenters. The van der Waals surface area contributed by atoms with Crippen LogP contribution in [0.2, 0.25) is 0 Å². The van der Waals surface area contributed by atoms with Crippen LogP contribution in [0.4, 0.5) is 5.69 Å². The standard InChI is InChI=1S/C17H22N2O/c1-12-10-13-4-2-3-5-15(13)19(12)16(20)14-11-17(14)6-8-18-9-7-17/h2-5,12,14,18H,6-11H2,1H3. The van der Waals surface area contributed by atoms with E-state index in [1.54, 1.807) is 0 Å². The number of anilines is 1. The van der Waals surface area contributed by atoms with Gasteiger partial charge in [0.05, 0.1) is 0 Å². The quantitative estimate of drug-likeness (QED) is 0.849. The monoisotopic (exact) mass is 270 g/mol. The van der Waals surface area contributed by atoms with Crippen molar-refractivity contribution in [3.05, 3.63) is 29.8 Å². The first kappa shape index (κ1) is 12.4. The summed E-state index contributed by atoms with van der Waals surface area (Å²) in [6.45, 7) is 4.33. The summed E-state index contributed by atoms with van der Waals surface area (Å²) in [5.74, 6) is 0.655. The summed E-state index contributed by atoms with van der Waals surface area (Å²) in [5, 5.41) is 3.41. The number of hydrogen-bond acceptors (Lipinski definition) is 2. The average Bonchev–Trinajstić information content (AvgIpc) is 3.03. The van der Waals surface area contributed by atoms with E-state index < -0.39 is 0 Å². The van der Waals surface area contributed by atoms with E-state index in [4.69, 9.17) is 0 Å². The predicted molar refractivity (Wildman–Crippen MR) is 79.7 cm³/mol. The van der Waals surface area contributed by atoms with Gasteiger partial charge < -0.3 is 10.2 Å². The van der Waals surface area contributed by atoms with Crippen molar-refractivity contribution >= 4 is 11.6 Å². The number of hydrogen-bond donors (Lipinski definition) is 1. The fourth-order valence-corrected chi connectivity index (χ4v) is 4.24. The van der Waals surface area contributed by atoms with Crippen molar-refractivity contribution < 1.29 is 4.79 Å². The van der Waals surface area contributed by atoms with E-state index >= 15 is 0 Å². The van der Waals surface area contributed by atoms with E-state index in [9.17, 15) is 4.79 Å². The topological polar surface area (TPSA) is 32.3 Å². The van der Waals surface area contributed by atoms with Gasteiger partial charge in [0.25, 0.3) is 0 Å². The fraction of sp³-hybridized carbons (Fsp3) is 0.588. The lowest BCUT2D eigenvalue weighted by atomic mass is 9.91. The first-order valence-corrected chi connectivity index (χ1v) is 7.83. The Labute approximate surface area is 120 Å². The molecule has 3 nitrogen and oxygen atoms in total. The lowest BCUT2D eigenvalue weighted by Gasteiger charge is -2.27. The minimum absolute atomic E-state index is 0.276. The van der Waals surface area contributed by atoms with Crippen molar-refractivity contribution in [2.45, 2.75) is 38.6 Å². The van der Waals surface area contributed by atoms with Crippen molar-refractivity contribution in [2.75, 3.05) is 18.0 Å². The lowest BCUT2D eigenvalue weighted by Crippen LogP contribution is -2.39. The van der Waals surface area contributed by atoms with Gasteiger partial charge >= 0.3 is 0 Å². The van der Waals surface area contributed by atoms with Gasteiger partial charge in [-0.3, -0.25) is 4.79 Å². The summed E-state index contributed by atoms with van der Waals surface area (Å²) in [7, 11) is 0. The number of nitrogens with zero attached hydrogens (tertiary/aromatic N) is 1. The zero-order valence-electron chi connectivity index (χ0n) is 12.1. The number of rotatable bonds is 1. The maximum atomic E-state index is 13.0. The SMILES string of the molecule is CC1Cc2ccccc2N1C(=O)C1CC12CCNCC2. The maximum absolute atomic E-state index is 13.0. The van der Waals surface area contributed by atoms with E-state index in [-0.39, 0.29) is 5.92 Å². The zero-order valence-corrected chi connectivity index (χ0v) is 12.1. The molecule has 3 aliphatic rings. The molecule has 1 spiro atoms. The Bertz CT molecular complexity index is 548. The molecule has 20 heavy (non-hydrogen) atoms. The number of amides is 1. The predicted octanol–water partition coefficient (Wildman–Crippen LogP) is 2.35. The summed E-state index contributed by atoms with van der Waals surface area (Å²) in [6, 6.07) is 8.70.